The number of rotatable bonds is 3. The third-order valence-corrected chi connectivity index (χ3v) is 4.24. The van der Waals surface area contributed by atoms with Crippen molar-refractivity contribution in [1.29, 1.82) is 0 Å². The molecule has 0 bridgehead atoms. The molecule has 2 aromatic heterocycles. The number of hydrogen-bond acceptors (Lipinski definition) is 4. The van der Waals surface area contributed by atoms with Crippen molar-refractivity contribution >= 4 is 16.8 Å². The molecular weight excluding hydrogens is 308 g/mol. The van der Waals surface area contributed by atoms with Crippen LogP contribution in [0.1, 0.15) is 16.4 Å². The zero-order chi connectivity index (χ0) is 16.5. The Morgan fingerprint density at radius 1 is 1.29 bits per heavy atom. The van der Waals surface area contributed by atoms with Crippen LogP contribution in [0.25, 0.3) is 10.9 Å². The Bertz CT molecular complexity index is 946. The smallest absolute Gasteiger partial charge is 0.267 e. The van der Waals surface area contributed by atoms with Crippen molar-refractivity contribution in [2.24, 2.45) is 0 Å². The second-order valence-corrected chi connectivity index (χ2v) is 5.77. The monoisotopic (exact) mass is 324 g/mol. The lowest BCUT2D eigenvalue weighted by Crippen LogP contribution is -2.43. The number of ether oxygens (including phenoxy) is 1. The van der Waals surface area contributed by atoms with E-state index >= 15 is 0 Å². The van der Waals surface area contributed by atoms with Crippen LogP contribution in [-0.4, -0.2) is 39.9 Å². The number of amides is 1. The van der Waals surface area contributed by atoms with Crippen molar-refractivity contribution in [2.45, 2.75) is 12.1 Å². The van der Waals surface area contributed by atoms with Crippen molar-refractivity contribution in [2.75, 3.05) is 13.2 Å². The maximum atomic E-state index is 12.5. The predicted molar refractivity (Wildman–Crippen MR) is 87.9 cm³/mol. The van der Waals surface area contributed by atoms with Gasteiger partial charge in [-0.2, -0.15) is 5.10 Å². The lowest BCUT2D eigenvalue weighted by Gasteiger charge is -2.20. The fraction of sp³-hybridized carbons (Fsp3) is 0.235. The SMILES string of the molecule is O=C(NC1COCC1n1ncccc1=O)c1ccc2cc[nH]c2c1. The van der Waals surface area contributed by atoms with Crippen molar-refractivity contribution < 1.29 is 9.53 Å². The van der Waals surface area contributed by atoms with E-state index in [-0.39, 0.29) is 23.6 Å². The molecule has 122 valence electrons. The molecule has 0 spiro atoms. The zero-order valence-corrected chi connectivity index (χ0v) is 12.8. The highest BCUT2D eigenvalue weighted by Crippen LogP contribution is 2.19. The molecule has 2 atom stereocenters. The first kappa shape index (κ1) is 14.6. The number of H-pyrrole nitrogens is 1. The number of hydrogen-bond donors (Lipinski definition) is 2. The van der Waals surface area contributed by atoms with Crippen LogP contribution in [0, 0.1) is 0 Å². The first-order valence-corrected chi connectivity index (χ1v) is 7.72. The van der Waals surface area contributed by atoms with Gasteiger partial charge in [-0.3, -0.25) is 9.59 Å². The van der Waals surface area contributed by atoms with Crippen LogP contribution in [0.3, 0.4) is 0 Å². The first-order chi connectivity index (χ1) is 11.7. The lowest BCUT2D eigenvalue weighted by atomic mass is 10.1. The van der Waals surface area contributed by atoms with Crippen molar-refractivity contribution in [3.05, 3.63) is 64.7 Å². The van der Waals surface area contributed by atoms with E-state index in [0.29, 0.717) is 18.8 Å². The van der Waals surface area contributed by atoms with Crippen LogP contribution in [0.5, 0.6) is 0 Å². The maximum absolute atomic E-state index is 12.5. The topological polar surface area (TPSA) is 89.0 Å². The quantitative estimate of drug-likeness (QED) is 0.755. The zero-order valence-electron chi connectivity index (χ0n) is 12.8. The minimum absolute atomic E-state index is 0.198. The Kier molecular flexibility index (Phi) is 3.62. The van der Waals surface area contributed by atoms with Crippen LogP contribution >= 0.6 is 0 Å². The van der Waals surface area contributed by atoms with Crippen LogP contribution < -0.4 is 10.9 Å². The lowest BCUT2D eigenvalue weighted by molar-refractivity contribution is 0.0925. The van der Waals surface area contributed by atoms with Gasteiger partial charge in [0.15, 0.2) is 0 Å². The summed E-state index contributed by atoms with van der Waals surface area (Å²) in [6.45, 7) is 0.696. The number of carbonyl (C=O) groups is 1. The molecular formula is C17H16N4O3. The molecule has 7 nitrogen and oxygen atoms in total. The van der Waals surface area contributed by atoms with Gasteiger partial charge in [-0.25, -0.2) is 4.68 Å². The molecule has 2 unspecified atom stereocenters. The van der Waals surface area contributed by atoms with Crippen molar-refractivity contribution in [3.8, 4) is 0 Å². The molecule has 1 aliphatic rings. The largest absolute Gasteiger partial charge is 0.377 e. The van der Waals surface area contributed by atoms with E-state index < -0.39 is 0 Å². The standard InChI is InChI=1S/C17H16N4O3/c22-16-2-1-6-19-21(16)15-10-24-9-14(15)20-17(23)12-4-3-11-5-7-18-13(11)8-12/h1-8,14-15,18H,9-10H2,(H,20,23). The van der Waals surface area contributed by atoms with Gasteiger partial charge in [0.2, 0.25) is 0 Å². The van der Waals surface area contributed by atoms with Gasteiger partial charge in [0.05, 0.1) is 19.3 Å². The van der Waals surface area contributed by atoms with Crippen LogP contribution in [0.4, 0.5) is 0 Å². The Hall–Kier alpha value is -2.93. The van der Waals surface area contributed by atoms with E-state index in [2.05, 4.69) is 15.4 Å². The summed E-state index contributed by atoms with van der Waals surface area (Å²) in [6, 6.07) is 9.86. The van der Waals surface area contributed by atoms with Gasteiger partial charge in [0, 0.05) is 29.5 Å². The minimum Gasteiger partial charge on any atom is -0.377 e. The molecule has 24 heavy (non-hydrogen) atoms. The number of aromatic amines is 1. The van der Waals surface area contributed by atoms with E-state index in [1.807, 2.05) is 24.4 Å². The summed E-state index contributed by atoms with van der Waals surface area (Å²) in [7, 11) is 0. The van der Waals surface area contributed by atoms with Gasteiger partial charge in [0.25, 0.3) is 11.5 Å². The molecule has 1 aromatic carbocycles. The number of fused-ring (bicyclic) bond motifs is 1. The Balaban J connectivity index is 1.56. The van der Waals surface area contributed by atoms with Gasteiger partial charge in [-0.05, 0) is 29.7 Å². The molecule has 0 radical (unpaired) electrons. The average Bonchev–Trinajstić information content (AvgIpc) is 3.23. The third kappa shape index (κ3) is 2.59. The number of carbonyl (C=O) groups excluding carboxylic acids is 1. The second-order valence-electron chi connectivity index (χ2n) is 5.77. The molecule has 0 saturated carbocycles. The number of nitrogens with one attached hydrogen (secondary N) is 2. The Labute approximate surface area is 137 Å². The fourth-order valence-corrected chi connectivity index (χ4v) is 2.98. The van der Waals surface area contributed by atoms with Gasteiger partial charge >= 0.3 is 0 Å². The molecule has 0 aliphatic carbocycles. The second kappa shape index (κ2) is 5.93. The summed E-state index contributed by atoms with van der Waals surface area (Å²) in [5.41, 5.74) is 1.26. The molecule has 1 saturated heterocycles. The first-order valence-electron chi connectivity index (χ1n) is 7.72. The number of nitrogens with zero attached hydrogens (tertiary/aromatic N) is 2. The maximum Gasteiger partial charge on any atom is 0.267 e. The number of benzene rings is 1. The highest BCUT2D eigenvalue weighted by atomic mass is 16.5. The summed E-state index contributed by atoms with van der Waals surface area (Å²) in [5, 5.41) is 8.09. The average molecular weight is 324 g/mol. The van der Waals surface area contributed by atoms with Gasteiger partial charge in [-0.15, -0.1) is 0 Å². The van der Waals surface area contributed by atoms with Crippen LogP contribution in [0.2, 0.25) is 0 Å². The molecule has 3 heterocycles. The molecule has 3 aromatic rings. The fourth-order valence-electron chi connectivity index (χ4n) is 2.98. The Morgan fingerprint density at radius 3 is 3.08 bits per heavy atom. The van der Waals surface area contributed by atoms with Crippen molar-refractivity contribution in [3.63, 3.8) is 0 Å². The van der Waals surface area contributed by atoms with Gasteiger partial charge in [-0.1, -0.05) is 6.07 Å². The Morgan fingerprint density at radius 2 is 2.21 bits per heavy atom. The molecule has 7 heteroatoms. The van der Waals surface area contributed by atoms with E-state index in [4.69, 9.17) is 4.74 Å². The third-order valence-electron chi connectivity index (χ3n) is 4.24. The highest BCUT2D eigenvalue weighted by Gasteiger charge is 2.32. The summed E-state index contributed by atoms with van der Waals surface area (Å²) in [5.74, 6) is -0.198. The van der Waals surface area contributed by atoms with E-state index in [1.165, 1.54) is 10.7 Å². The van der Waals surface area contributed by atoms with Crippen molar-refractivity contribution in [1.82, 2.24) is 20.1 Å². The number of aromatic nitrogens is 3. The summed E-state index contributed by atoms with van der Waals surface area (Å²) < 4.78 is 6.82. The molecule has 1 aliphatic heterocycles. The van der Waals surface area contributed by atoms with E-state index in [0.717, 1.165) is 10.9 Å². The van der Waals surface area contributed by atoms with Crippen LogP contribution in [0.15, 0.2) is 53.6 Å². The summed E-state index contributed by atoms with van der Waals surface area (Å²) >= 11 is 0. The van der Waals surface area contributed by atoms with Crippen LogP contribution in [-0.2, 0) is 4.74 Å². The van der Waals surface area contributed by atoms with E-state index in [9.17, 15) is 9.59 Å². The minimum atomic E-state index is -0.308. The molecule has 4 rings (SSSR count). The summed E-state index contributed by atoms with van der Waals surface area (Å²) in [6.07, 6.45) is 3.39. The van der Waals surface area contributed by atoms with E-state index in [1.54, 1.807) is 18.3 Å². The van der Waals surface area contributed by atoms with Gasteiger partial charge < -0.3 is 15.0 Å². The summed E-state index contributed by atoms with van der Waals surface area (Å²) in [4.78, 5) is 27.6. The highest BCUT2D eigenvalue weighted by molar-refractivity contribution is 5.98. The van der Waals surface area contributed by atoms with Gasteiger partial charge in [0.1, 0.15) is 6.04 Å². The predicted octanol–water partition coefficient (Wildman–Crippen LogP) is 1.09. The molecule has 2 N–H and O–H groups in total. The normalized spacial score (nSPS) is 20.3. The molecule has 1 amide bonds. The molecule has 1 fully saturated rings.